The van der Waals surface area contributed by atoms with Crippen LogP contribution >= 0.6 is 0 Å². The third-order valence-corrected chi connectivity index (χ3v) is 8.29. The van der Waals surface area contributed by atoms with Crippen LogP contribution in [0.25, 0.3) is 0 Å². The van der Waals surface area contributed by atoms with E-state index in [9.17, 15) is 18.0 Å². The van der Waals surface area contributed by atoms with Crippen LogP contribution in [0, 0.1) is 26.7 Å². The van der Waals surface area contributed by atoms with Crippen LogP contribution < -0.4 is 9.62 Å². The summed E-state index contributed by atoms with van der Waals surface area (Å²) in [6, 6.07) is 20.4. The molecule has 3 rings (SSSR count). The molecule has 0 bridgehead atoms. The molecule has 0 saturated carbocycles. The Labute approximate surface area is 232 Å². The van der Waals surface area contributed by atoms with E-state index in [2.05, 4.69) is 5.32 Å². The van der Waals surface area contributed by atoms with Crippen LogP contribution in [0.15, 0.2) is 77.7 Å². The van der Waals surface area contributed by atoms with Crippen molar-refractivity contribution >= 4 is 27.5 Å². The second-order valence-corrected chi connectivity index (χ2v) is 12.3. The lowest BCUT2D eigenvalue weighted by atomic mass is 10.1. The first-order chi connectivity index (χ1) is 18.4. The lowest BCUT2D eigenvalue weighted by Crippen LogP contribution is -2.51. The van der Waals surface area contributed by atoms with Gasteiger partial charge in [-0.05, 0) is 62.9 Å². The Hall–Kier alpha value is -3.65. The molecule has 0 aliphatic carbocycles. The van der Waals surface area contributed by atoms with Crippen molar-refractivity contribution < 1.29 is 18.0 Å². The molecular weight excluding hydrogens is 510 g/mol. The molecule has 0 radical (unpaired) electrons. The maximum absolute atomic E-state index is 14.0. The van der Waals surface area contributed by atoms with E-state index in [-0.39, 0.29) is 23.3 Å². The number of nitrogens with zero attached hydrogens (tertiary/aromatic N) is 2. The molecule has 0 heterocycles. The number of sulfonamides is 1. The Morgan fingerprint density at radius 2 is 1.51 bits per heavy atom. The number of rotatable bonds is 11. The van der Waals surface area contributed by atoms with Gasteiger partial charge in [-0.25, -0.2) is 8.42 Å². The Kier molecular flexibility index (Phi) is 9.92. The van der Waals surface area contributed by atoms with Gasteiger partial charge in [0.25, 0.3) is 10.0 Å². The number of amides is 2. The van der Waals surface area contributed by atoms with E-state index in [1.54, 1.807) is 31.2 Å². The number of carbonyl (C=O) groups is 2. The normalized spacial score (nSPS) is 12.2. The van der Waals surface area contributed by atoms with E-state index >= 15 is 0 Å². The molecule has 0 fully saturated rings. The quantitative estimate of drug-likeness (QED) is 0.365. The summed E-state index contributed by atoms with van der Waals surface area (Å²) < 4.78 is 28.9. The topological polar surface area (TPSA) is 86.8 Å². The highest BCUT2D eigenvalue weighted by Crippen LogP contribution is 2.28. The van der Waals surface area contributed by atoms with Crippen molar-refractivity contribution in [3.8, 4) is 0 Å². The van der Waals surface area contributed by atoms with Crippen LogP contribution in [0.2, 0.25) is 0 Å². The fourth-order valence-electron chi connectivity index (χ4n) is 4.36. The summed E-state index contributed by atoms with van der Waals surface area (Å²) in [5.74, 6) is -0.505. The van der Waals surface area contributed by atoms with Gasteiger partial charge in [0, 0.05) is 13.1 Å². The van der Waals surface area contributed by atoms with Crippen molar-refractivity contribution in [2.24, 2.45) is 5.92 Å². The monoisotopic (exact) mass is 549 g/mol. The van der Waals surface area contributed by atoms with E-state index in [0.29, 0.717) is 12.2 Å². The summed E-state index contributed by atoms with van der Waals surface area (Å²) >= 11 is 0. The SMILES string of the molecule is Cc1cccc(CN(C(=O)CN(c2ccc(C)cc2C)S(=O)(=O)c2ccccc2)C(C)C(=O)NCC(C)C)c1. The lowest BCUT2D eigenvalue weighted by molar-refractivity contribution is -0.139. The second-order valence-electron chi connectivity index (χ2n) is 10.4. The molecule has 0 spiro atoms. The summed E-state index contributed by atoms with van der Waals surface area (Å²) in [4.78, 5) is 28.6. The van der Waals surface area contributed by atoms with Gasteiger partial charge in [0.05, 0.1) is 10.6 Å². The highest BCUT2D eigenvalue weighted by atomic mass is 32.2. The molecule has 3 aromatic carbocycles. The Morgan fingerprint density at radius 3 is 2.13 bits per heavy atom. The van der Waals surface area contributed by atoms with E-state index in [4.69, 9.17) is 0 Å². The molecule has 0 aliphatic rings. The van der Waals surface area contributed by atoms with Crippen LogP contribution in [0.1, 0.15) is 43.0 Å². The molecule has 8 heteroatoms. The third kappa shape index (κ3) is 7.69. The number of hydrogen-bond acceptors (Lipinski definition) is 4. The van der Waals surface area contributed by atoms with E-state index in [1.165, 1.54) is 17.0 Å². The Balaban J connectivity index is 2.03. The molecule has 1 N–H and O–H groups in total. The van der Waals surface area contributed by atoms with Gasteiger partial charge < -0.3 is 10.2 Å². The summed E-state index contributed by atoms with van der Waals surface area (Å²) in [7, 11) is -4.08. The molecule has 0 aromatic heterocycles. The van der Waals surface area contributed by atoms with E-state index < -0.39 is 28.5 Å². The maximum Gasteiger partial charge on any atom is 0.264 e. The average Bonchev–Trinajstić information content (AvgIpc) is 2.89. The zero-order chi connectivity index (χ0) is 28.7. The minimum Gasteiger partial charge on any atom is -0.354 e. The smallest absolute Gasteiger partial charge is 0.264 e. The van der Waals surface area contributed by atoms with Gasteiger partial charge in [-0.3, -0.25) is 13.9 Å². The standard InChI is InChI=1S/C31H39N3O4S/c1-22(2)19-32-31(36)26(6)33(20-27-12-10-11-23(3)18-27)30(35)21-34(29-16-15-24(4)17-25(29)5)39(37,38)28-13-8-7-9-14-28/h7-18,22,26H,19-21H2,1-6H3,(H,32,36). The van der Waals surface area contributed by atoms with E-state index in [1.807, 2.05) is 71.0 Å². The van der Waals surface area contributed by atoms with Gasteiger partial charge in [-0.1, -0.05) is 79.6 Å². The van der Waals surface area contributed by atoms with Gasteiger partial charge in [0.1, 0.15) is 12.6 Å². The summed E-state index contributed by atoms with van der Waals surface area (Å²) in [6.45, 7) is 11.6. The molecular formula is C31H39N3O4S. The number of anilines is 1. The summed E-state index contributed by atoms with van der Waals surface area (Å²) in [5, 5.41) is 2.91. The molecule has 39 heavy (non-hydrogen) atoms. The van der Waals surface area contributed by atoms with Crippen LogP contribution in [0.4, 0.5) is 5.69 Å². The largest absolute Gasteiger partial charge is 0.354 e. The number of nitrogens with one attached hydrogen (secondary N) is 1. The van der Waals surface area contributed by atoms with Crippen LogP contribution in [-0.2, 0) is 26.2 Å². The van der Waals surface area contributed by atoms with E-state index in [0.717, 1.165) is 26.6 Å². The number of hydrogen-bond donors (Lipinski definition) is 1. The fraction of sp³-hybridized carbons (Fsp3) is 0.355. The number of aryl methyl sites for hydroxylation is 3. The molecule has 7 nitrogen and oxygen atoms in total. The van der Waals surface area contributed by atoms with Gasteiger partial charge in [0.15, 0.2) is 0 Å². The average molecular weight is 550 g/mol. The number of benzene rings is 3. The summed E-state index contributed by atoms with van der Waals surface area (Å²) in [6.07, 6.45) is 0. The van der Waals surface area contributed by atoms with Crippen molar-refractivity contribution in [2.45, 2.75) is 59.0 Å². The Morgan fingerprint density at radius 1 is 0.846 bits per heavy atom. The molecule has 3 aromatic rings. The van der Waals surface area contributed by atoms with Crippen molar-refractivity contribution in [2.75, 3.05) is 17.4 Å². The van der Waals surface area contributed by atoms with Crippen LogP contribution in [0.5, 0.6) is 0 Å². The van der Waals surface area contributed by atoms with Crippen molar-refractivity contribution in [3.63, 3.8) is 0 Å². The van der Waals surface area contributed by atoms with Gasteiger partial charge in [-0.15, -0.1) is 0 Å². The minimum absolute atomic E-state index is 0.0886. The van der Waals surface area contributed by atoms with Crippen LogP contribution in [-0.4, -0.2) is 44.3 Å². The first-order valence-electron chi connectivity index (χ1n) is 13.2. The third-order valence-electron chi connectivity index (χ3n) is 6.52. The Bertz CT molecular complexity index is 1400. The lowest BCUT2D eigenvalue weighted by Gasteiger charge is -2.32. The first kappa shape index (κ1) is 29.9. The zero-order valence-corrected chi connectivity index (χ0v) is 24.5. The molecule has 0 aliphatic heterocycles. The van der Waals surface area contributed by atoms with Crippen molar-refractivity contribution in [3.05, 3.63) is 95.1 Å². The summed E-state index contributed by atoms with van der Waals surface area (Å²) in [5.41, 5.74) is 4.02. The number of carbonyl (C=O) groups excluding carboxylic acids is 2. The zero-order valence-electron chi connectivity index (χ0n) is 23.6. The molecule has 1 unspecified atom stereocenters. The maximum atomic E-state index is 14.0. The fourth-order valence-corrected chi connectivity index (χ4v) is 5.86. The van der Waals surface area contributed by atoms with Gasteiger partial charge >= 0.3 is 0 Å². The van der Waals surface area contributed by atoms with Gasteiger partial charge in [-0.2, -0.15) is 0 Å². The van der Waals surface area contributed by atoms with Crippen molar-refractivity contribution in [1.82, 2.24) is 10.2 Å². The molecule has 0 saturated heterocycles. The molecule has 208 valence electrons. The van der Waals surface area contributed by atoms with Crippen molar-refractivity contribution in [1.29, 1.82) is 0 Å². The highest BCUT2D eigenvalue weighted by Gasteiger charge is 2.33. The highest BCUT2D eigenvalue weighted by molar-refractivity contribution is 7.92. The minimum atomic E-state index is -4.08. The molecule has 2 amide bonds. The second kappa shape index (κ2) is 12.9. The predicted molar refractivity (Wildman–Crippen MR) is 156 cm³/mol. The molecule has 1 atom stereocenters. The predicted octanol–water partition coefficient (Wildman–Crippen LogP) is 5.00. The van der Waals surface area contributed by atoms with Crippen LogP contribution in [0.3, 0.4) is 0 Å². The van der Waals surface area contributed by atoms with Gasteiger partial charge in [0.2, 0.25) is 11.8 Å². The first-order valence-corrected chi connectivity index (χ1v) is 14.6.